The Bertz CT molecular complexity index is 1150. The number of benzene rings is 2. The fraction of sp³-hybridized carbons (Fsp3) is 0.200. The van der Waals surface area contributed by atoms with Gasteiger partial charge in [-0.3, -0.25) is 19.7 Å². The molecule has 1 atom stereocenters. The van der Waals surface area contributed by atoms with E-state index in [1.165, 1.54) is 36.4 Å². The van der Waals surface area contributed by atoms with E-state index < -0.39 is 39.4 Å². The minimum absolute atomic E-state index is 0.0737. The second-order valence-corrected chi connectivity index (χ2v) is 7.98. The monoisotopic (exact) mass is 479 g/mol. The summed E-state index contributed by atoms with van der Waals surface area (Å²) in [5.41, 5.74) is -0.443. The Morgan fingerprint density at radius 2 is 1.88 bits per heavy atom. The number of hydrogen-bond acceptors (Lipinski definition) is 7. The molecule has 1 aliphatic heterocycles. The van der Waals surface area contributed by atoms with Gasteiger partial charge in [0.2, 0.25) is 11.8 Å². The minimum Gasteiger partial charge on any atom is -0.325 e. The first-order valence-corrected chi connectivity index (χ1v) is 10.2. The number of hydrogen-bond donors (Lipinski definition) is 2. The maximum Gasteiger partial charge on any atom is 0.418 e. The van der Waals surface area contributed by atoms with Crippen LogP contribution in [0.1, 0.15) is 24.5 Å². The third-order valence-electron chi connectivity index (χ3n) is 4.44. The van der Waals surface area contributed by atoms with Gasteiger partial charge in [0.05, 0.1) is 21.9 Å². The molecule has 2 aromatic carbocycles. The zero-order chi connectivity index (χ0) is 24.2. The summed E-state index contributed by atoms with van der Waals surface area (Å²) < 4.78 is 39.2. The van der Waals surface area contributed by atoms with Crippen LogP contribution in [0.2, 0.25) is 0 Å². The van der Waals surface area contributed by atoms with Gasteiger partial charge in [-0.2, -0.15) is 18.3 Å². The van der Waals surface area contributed by atoms with E-state index in [1.54, 1.807) is 6.92 Å². The van der Waals surface area contributed by atoms with Crippen molar-refractivity contribution in [2.75, 3.05) is 5.32 Å². The van der Waals surface area contributed by atoms with Crippen LogP contribution < -0.4 is 10.6 Å². The van der Waals surface area contributed by atoms with Crippen LogP contribution in [-0.2, 0) is 15.8 Å². The topological polar surface area (TPSA) is 126 Å². The quantitative estimate of drug-likeness (QED) is 0.369. The number of thioether (sulfide) groups is 1. The predicted molar refractivity (Wildman–Crippen MR) is 117 cm³/mol. The standard InChI is InChI=1S/C20H16F3N5O4S/c1-11(12-6-8-13(9-7-12)28(31)32)26-27-19-25-18(30)16(33-19)10-17(29)24-15-5-3-2-4-14(15)20(21,22)23/h2-9,16H,10H2,1H3,(H,24,29)(H,25,27,30)/b26-11-. The van der Waals surface area contributed by atoms with E-state index in [1.807, 2.05) is 0 Å². The summed E-state index contributed by atoms with van der Waals surface area (Å²) in [4.78, 5) is 34.6. The Kier molecular flexibility index (Phi) is 7.11. The molecule has 2 N–H and O–H groups in total. The highest BCUT2D eigenvalue weighted by atomic mass is 32.2. The Morgan fingerprint density at radius 3 is 2.52 bits per heavy atom. The Morgan fingerprint density at radius 1 is 1.21 bits per heavy atom. The summed E-state index contributed by atoms with van der Waals surface area (Å²) in [5.74, 6) is -1.28. The fourth-order valence-electron chi connectivity index (χ4n) is 2.80. The SMILES string of the molecule is C/C(=N/N=C1\NC(=O)C(CC(=O)Nc2ccccc2C(F)(F)F)S1)c1ccc([N+](=O)[O-])cc1. The lowest BCUT2D eigenvalue weighted by Gasteiger charge is -2.14. The molecule has 0 spiro atoms. The summed E-state index contributed by atoms with van der Waals surface area (Å²) in [6.07, 6.45) is -5.00. The molecule has 1 heterocycles. The zero-order valence-corrected chi connectivity index (χ0v) is 17.7. The number of para-hydroxylation sites is 1. The number of alkyl halides is 3. The molecule has 1 saturated heterocycles. The average Bonchev–Trinajstić information content (AvgIpc) is 3.10. The van der Waals surface area contributed by atoms with Crippen LogP contribution in [0.25, 0.3) is 0 Å². The Labute approximate surface area is 189 Å². The van der Waals surface area contributed by atoms with E-state index in [2.05, 4.69) is 20.8 Å². The summed E-state index contributed by atoms with van der Waals surface area (Å²) in [5, 5.41) is 22.5. The maximum atomic E-state index is 13.1. The van der Waals surface area contributed by atoms with Crippen LogP contribution in [0.5, 0.6) is 0 Å². The lowest BCUT2D eigenvalue weighted by atomic mass is 10.1. The maximum absolute atomic E-state index is 13.1. The van der Waals surface area contributed by atoms with E-state index >= 15 is 0 Å². The molecular formula is C20H16F3N5O4S. The first kappa shape index (κ1) is 23.9. The van der Waals surface area contributed by atoms with Crippen molar-refractivity contribution in [3.8, 4) is 0 Å². The van der Waals surface area contributed by atoms with Gasteiger partial charge in [0, 0.05) is 18.6 Å². The number of anilines is 1. The highest BCUT2D eigenvalue weighted by molar-refractivity contribution is 8.15. The number of carbonyl (C=O) groups is 2. The van der Waals surface area contributed by atoms with E-state index in [4.69, 9.17) is 0 Å². The molecule has 0 saturated carbocycles. The van der Waals surface area contributed by atoms with Crippen LogP contribution in [0, 0.1) is 10.1 Å². The van der Waals surface area contributed by atoms with E-state index in [0.717, 1.165) is 23.9 Å². The van der Waals surface area contributed by atoms with Gasteiger partial charge >= 0.3 is 6.18 Å². The first-order chi connectivity index (χ1) is 15.5. The van der Waals surface area contributed by atoms with Crippen molar-refractivity contribution < 1.29 is 27.7 Å². The molecular weight excluding hydrogens is 463 g/mol. The Hall–Kier alpha value is -3.74. The van der Waals surface area contributed by atoms with E-state index in [-0.39, 0.29) is 17.3 Å². The molecule has 2 amide bonds. The molecule has 9 nitrogen and oxygen atoms in total. The molecule has 0 aliphatic carbocycles. The molecule has 1 aliphatic rings. The zero-order valence-electron chi connectivity index (χ0n) is 16.9. The van der Waals surface area contributed by atoms with Crippen LogP contribution in [0.3, 0.4) is 0 Å². The second-order valence-electron chi connectivity index (χ2n) is 6.79. The smallest absolute Gasteiger partial charge is 0.325 e. The van der Waals surface area contributed by atoms with Gasteiger partial charge < -0.3 is 10.6 Å². The number of amides is 2. The normalized spacial score (nSPS) is 17.7. The van der Waals surface area contributed by atoms with Crippen LogP contribution >= 0.6 is 11.8 Å². The Balaban J connectivity index is 1.63. The van der Waals surface area contributed by atoms with Crippen LogP contribution in [-0.4, -0.2) is 32.9 Å². The van der Waals surface area contributed by atoms with Crippen molar-refractivity contribution in [3.63, 3.8) is 0 Å². The number of amidine groups is 1. The van der Waals surface area contributed by atoms with Gasteiger partial charge in [-0.1, -0.05) is 23.9 Å². The summed E-state index contributed by atoms with van der Waals surface area (Å²) >= 11 is 0.921. The number of nitro benzene ring substituents is 1. The number of nitro groups is 1. The van der Waals surface area contributed by atoms with Gasteiger partial charge in [-0.15, -0.1) is 5.10 Å². The third kappa shape index (κ3) is 6.16. The molecule has 0 bridgehead atoms. The van der Waals surface area contributed by atoms with E-state index in [0.29, 0.717) is 11.3 Å². The number of nitrogens with one attached hydrogen (secondary N) is 2. The molecule has 172 valence electrons. The lowest BCUT2D eigenvalue weighted by Crippen LogP contribution is -2.28. The van der Waals surface area contributed by atoms with Gasteiger partial charge in [0.15, 0.2) is 5.17 Å². The van der Waals surface area contributed by atoms with E-state index in [9.17, 15) is 32.9 Å². The van der Waals surface area contributed by atoms with Crippen LogP contribution in [0.15, 0.2) is 58.7 Å². The van der Waals surface area contributed by atoms with Crippen molar-refractivity contribution in [1.82, 2.24) is 5.32 Å². The highest BCUT2D eigenvalue weighted by Gasteiger charge is 2.35. The average molecular weight is 479 g/mol. The molecule has 0 aromatic heterocycles. The van der Waals surface area contributed by atoms with Crippen molar-refractivity contribution >= 4 is 45.8 Å². The summed E-state index contributed by atoms with van der Waals surface area (Å²) in [6, 6.07) is 10.2. The van der Waals surface area contributed by atoms with Crippen LogP contribution in [0.4, 0.5) is 24.5 Å². The molecule has 3 rings (SSSR count). The second kappa shape index (κ2) is 9.81. The van der Waals surface area contributed by atoms with Crippen molar-refractivity contribution in [2.24, 2.45) is 10.2 Å². The predicted octanol–water partition coefficient (Wildman–Crippen LogP) is 3.95. The minimum atomic E-state index is -4.64. The van der Waals surface area contributed by atoms with Gasteiger partial charge in [0.25, 0.3) is 5.69 Å². The number of carbonyl (C=O) groups excluding carboxylic acids is 2. The lowest BCUT2D eigenvalue weighted by molar-refractivity contribution is -0.384. The largest absolute Gasteiger partial charge is 0.418 e. The fourth-order valence-corrected chi connectivity index (χ4v) is 3.72. The molecule has 2 aromatic rings. The van der Waals surface area contributed by atoms with Crippen molar-refractivity contribution in [2.45, 2.75) is 24.8 Å². The number of nitrogens with zero attached hydrogens (tertiary/aromatic N) is 3. The van der Waals surface area contributed by atoms with Crippen molar-refractivity contribution in [3.05, 3.63) is 69.8 Å². The molecule has 1 fully saturated rings. The molecule has 13 heteroatoms. The summed E-state index contributed by atoms with van der Waals surface area (Å²) in [6.45, 7) is 1.62. The van der Waals surface area contributed by atoms with Gasteiger partial charge in [-0.25, -0.2) is 0 Å². The number of rotatable bonds is 6. The molecule has 0 radical (unpaired) electrons. The third-order valence-corrected chi connectivity index (χ3v) is 5.51. The number of halogens is 3. The number of non-ortho nitro benzene ring substituents is 1. The molecule has 33 heavy (non-hydrogen) atoms. The van der Waals surface area contributed by atoms with Gasteiger partial charge in [-0.05, 0) is 36.8 Å². The summed E-state index contributed by atoms with van der Waals surface area (Å²) in [7, 11) is 0. The molecule has 1 unspecified atom stereocenters. The first-order valence-electron chi connectivity index (χ1n) is 9.35. The van der Waals surface area contributed by atoms with Gasteiger partial charge in [0.1, 0.15) is 5.25 Å². The highest BCUT2D eigenvalue weighted by Crippen LogP contribution is 2.34. The van der Waals surface area contributed by atoms with Crippen molar-refractivity contribution in [1.29, 1.82) is 0 Å².